The molecule has 4 nitrogen and oxygen atoms in total. The molecule has 0 aromatic carbocycles. The molecule has 0 atom stereocenters. The van der Waals surface area contributed by atoms with E-state index in [1.807, 2.05) is 6.92 Å². The molecule has 21 heavy (non-hydrogen) atoms. The Labute approximate surface area is 131 Å². The van der Waals surface area contributed by atoms with Crippen LogP contribution in [0.25, 0.3) is 0 Å². The van der Waals surface area contributed by atoms with Gasteiger partial charge in [-0.25, -0.2) is 4.98 Å². The van der Waals surface area contributed by atoms with Crippen LogP contribution in [0.15, 0.2) is 6.07 Å². The van der Waals surface area contributed by atoms with E-state index in [0.717, 1.165) is 6.42 Å². The molecular weight excluding hydrogens is 330 g/mol. The second-order valence-electron chi connectivity index (χ2n) is 4.17. The molecule has 0 amide bonds. The van der Waals surface area contributed by atoms with Crippen LogP contribution in [0, 0.1) is 0 Å². The Balaban J connectivity index is 2.50. The SMILES string of the molecule is CCCNc1nc(NCCOCC(F)(F)F)c(Cl)cc1Cl. The topological polar surface area (TPSA) is 46.2 Å². The van der Waals surface area contributed by atoms with Gasteiger partial charge in [0, 0.05) is 13.1 Å². The van der Waals surface area contributed by atoms with Crippen LogP contribution in [0.4, 0.5) is 24.8 Å². The van der Waals surface area contributed by atoms with Crippen LogP contribution in [-0.2, 0) is 4.74 Å². The van der Waals surface area contributed by atoms with Crippen LogP contribution in [-0.4, -0.2) is 37.5 Å². The van der Waals surface area contributed by atoms with Crippen molar-refractivity contribution in [3.63, 3.8) is 0 Å². The molecule has 0 saturated carbocycles. The fourth-order valence-electron chi connectivity index (χ4n) is 1.39. The van der Waals surface area contributed by atoms with Crippen LogP contribution in [0.5, 0.6) is 0 Å². The summed E-state index contributed by atoms with van der Waals surface area (Å²) in [5.41, 5.74) is 0. The van der Waals surface area contributed by atoms with E-state index in [9.17, 15) is 13.2 Å². The number of pyridine rings is 1. The van der Waals surface area contributed by atoms with E-state index < -0.39 is 12.8 Å². The first-order chi connectivity index (χ1) is 9.83. The van der Waals surface area contributed by atoms with Gasteiger partial charge in [0.05, 0.1) is 16.7 Å². The van der Waals surface area contributed by atoms with Crippen molar-refractivity contribution in [1.82, 2.24) is 4.98 Å². The van der Waals surface area contributed by atoms with E-state index in [-0.39, 0.29) is 18.2 Å². The molecule has 0 fully saturated rings. The molecule has 120 valence electrons. The number of nitrogens with zero attached hydrogens (tertiary/aromatic N) is 1. The summed E-state index contributed by atoms with van der Waals surface area (Å²) in [7, 11) is 0. The lowest BCUT2D eigenvalue weighted by Gasteiger charge is -2.12. The fourth-order valence-corrected chi connectivity index (χ4v) is 1.88. The number of hydrogen-bond donors (Lipinski definition) is 2. The van der Waals surface area contributed by atoms with Crippen LogP contribution < -0.4 is 10.6 Å². The van der Waals surface area contributed by atoms with Crippen molar-refractivity contribution in [2.24, 2.45) is 0 Å². The molecule has 0 spiro atoms. The minimum Gasteiger partial charge on any atom is -0.370 e. The van der Waals surface area contributed by atoms with Gasteiger partial charge in [-0.15, -0.1) is 0 Å². The van der Waals surface area contributed by atoms with Crippen molar-refractivity contribution in [3.8, 4) is 0 Å². The second kappa shape index (κ2) is 8.51. The highest BCUT2D eigenvalue weighted by atomic mass is 35.5. The third-order valence-electron chi connectivity index (χ3n) is 2.28. The molecule has 1 rings (SSSR count). The lowest BCUT2D eigenvalue weighted by Crippen LogP contribution is -2.20. The standard InChI is InChI=1S/C12H16Cl2F3N3O/c1-2-3-18-10-8(13)6-9(14)11(20-10)19-4-5-21-7-12(15,16)17/h6H,2-5,7H2,1H3,(H2,18,19,20). The van der Waals surface area contributed by atoms with Gasteiger partial charge < -0.3 is 15.4 Å². The van der Waals surface area contributed by atoms with Crippen LogP contribution in [0.2, 0.25) is 10.0 Å². The molecule has 0 aliphatic rings. The first kappa shape index (κ1) is 18.1. The Bertz CT molecular complexity index is 458. The predicted molar refractivity (Wildman–Crippen MR) is 78.4 cm³/mol. The molecule has 0 radical (unpaired) electrons. The van der Waals surface area contributed by atoms with Gasteiger partial charge in [0.15, 0.2) is 0 Å². The minimum absolute atomic E-state index is 0.113. The molecule has 1 aromatic rings. The maximum absolute atomic E-state index is 11.9. The second-order valence-corrected chi connectivity index (χ2v) is 4.98. The van der Waals surface area contributed by atoms with Crippen LogP contribution >= 0.6 is 23.2 Å². The van der Waals surface area contributed by atoms with Gasteiger partial charge >= 0.3 is 6.18 Å². The van der Waals surface area contributed by atoms with Crippen molar-refractivity contribution in [2.75, 3.05) is 36.9 Å². The average molecular weight is 346 g/mol. The normalized spacial score (nSPS) is 11.5. The maximum Gasteiger partial charge on any atom is 0.411 e. The Hall–Kier alpha value is -0.920. The van der Waals surface area contributed by atoms with Crippen molar-refractivity contribution in [2.45, 2.75) is 19.5 Å². The molecule has 0 saturated heterocycles. The van der Waals surface area contributed by atoms with Gasteiger partial charge in [0.1, 0.15) is 18.2 Å². The molecule has 1 aromatic heterocycles. The zero-order valence-corrected chi connectivity index (χ0v) is 12.9. The number of aromatic nitrogens is 1. The van der Waals surface area contributed by atoms with Gasteiger partial charge in [0.25, 0.3) is 0 Å². The van der Waals surface area contributed by atoms with Crippen molar-refractivity contribution < 1.29 is 17.9 Å². The summed E-state index contributed by atoms with van der Waals surface area (Å²) >= 11 is 11.9. The fraction of sp³-hybridized carbons (Fsp3) is 0.583. The van der Waals surface area contributed by atoms with Crippen LogP contribution in [0.3, 0.4) is 0 Å². The smallest absolute Gasteiger partial charge is 0.370 e. The molecule has 1 heterocycles. The zero-order chi connectivity index (χ0) is 15.9. The first-order valence-corrected chi connectivity index (χ1v) is 7.07. The number of nitrogens with one attached hydrogen (secondary N) is 2. The molecule has 9 heteroatoms. The summed E-state index contributed by atoms with van der Waals surface area (Å²) in [6.07, 6.45) is -3.43. The highest BCUT2D eigenvalue weighted by molar-refractivity contribution is 6.37. The van der Waals surface area contributed by atoms with Gasteiger partial charge in [0.2, 0.25) is 0 Å². The van der Waals surface area contributed by atoms with Crippen LogP contribution in [0.1, 0.15) is 13.3 Å². The maximum atomic E-state index is 11.9. The minimum atomic E-state index is -4.33. The largest absolute Gasteiger partial charge is 0.411 e. The molecule has 0 unspecified atom stereocenters. The monoisotopic (exact) mass is 345 g/mol. The highest BCUT2D eigenvalue weighted by Crippen LogP contribution is 2.29. The molecular formula is C12H16Cl2F3N3O. The third-order valence-corrected chi connectivity index (χ3v) is 2.85. The van der Waals surface area contributed by atoms with E-state index in [1.54, 1.807) is 0 Å². The number of ether oxygens (including phenoxy) is 1. The summed E-state index contributed by atoms with van der Waals surface area (Å²) in [6.45, 7) is 1.45. The highest BCUT2D eigenvalue weighted by Gasteiger charge is 2.27. The number of hydrogen-bond acceptors (Lipinski definition) is 4. The lowest BCUT2D eigenvalue weighted by atomic mass is 10.4. The van der Waals surface area contributed by atoms with Gasteiger partial charge in [-0.2, -0.15) is 13.2 Å². The third kappa shape index (κ3) is 7.06. The van der Waals surface area contributed by atoms with Gasteiger partial charge in [-0.3, -0.25) is 0 Å². The van der Waals surface area contributed by atoms with E-state index in [2.05, 4.69) is 20.4 Å². The molecule has 0 bridgehead atoms. The summed E-state index contributed by atoms with van der Waals surface area (Å²) in [4.78, 5) is 4.19. The molecule has 0 aliphatic carbocycles. The van der Waals surface area contributed by atoms with Gasteiger partial charge in [-0.05, 0) is 12.5 Å². The predicted octanol–water partition coefficient (Wildman–Crippen LogP) is 4.20. The Kier molecular flexibility index (Phi) is 7.34. The number of rotatable bonds is 8. The number of anilines is 2. The number of halogens is 5. The first-order valence-electron chi connectivity index (χ1n) is 6.31. The number of alkyl halides is 3. The average Bonchev–Trinajstić information content (AvgIpc) is 2.38. The van der Waals surface area contributed by atoms with Crippen molar-refractivity contribution in [3.05, 3.63) is 16.1 Å². The Morgan fingerprint density at radius 2 is 1.71 bits per heavy atom. The van der Waals surface area contributed by atoms with E-state index >= 15 is 0 Å². The summed E-state index contributed by atoms with van der Waals surface area (Å²) in [5.74, 6) is 0.817. The van der Waals surface area contributed by atoms with E-state index in [0.29, 0.717) is 23.2 Å². The molecule has 2 N–H and O–H groups in total. The van der Waals surface area contributed by atoms with E-state index in [4.69, 9.17) is 23.2 Å². The van der Waals surface area contributed by atoms with Gasteiger partial charge in [-0.1, -0.05) is 30.1 Å². The van der Waals surface area contributed by atoms with Crippen molar-refractivity contribution >= 4 is 34.8 Å². The zero-order valence-electron chi connectivity index (χ0n) is 11.4. The van der Waals surface area contributed by atoms with E-state index in [1.165, 1.54) is 6.07 Å². The Morgan fingerprint density at radius 1 is 1.14 bits per heavy atom. The summed E-state index contributed by atoms with van der Waals surface area (Å²) in [6, 6.07) is 1.52. The summed E-state index contributed by atoms with van der Waals surface area (Å²) in [5, 5.41) is 6.51. The summed E-state index contributed by atoms with van der Waals surface area (Å²) < 4.78 is 40.1. The quantitative estimate of drug-likeness (QED) is 0.693. The van der Waals surface area contributed by atoms with Crippen molar-refractivity contribution in [1.29, 1.82) is 0 Å². The Morgan fingerprint density at radius 3 is 2.24 bits per heavy atom. The lowest BCUT2D eigenvalue weighted by molar-refractivity contribution is -0.172. The molecule has 0 aliphatic heterocycles.